The van der Waals surface area contributed by atoms with Crippen molar-refractivity contribution in [3.63, 3.8) is 0 Å². The minimum Gasteiger partial charge on any atom is -0.0651 e. The molecular formula is C13H28. The summed E-state index contributed by atoms with van der Waals surface area (Å²) in [5, 5.41) is 0. The van der Waals surface area contributed by atoms with E-state index < -0.39 is 0 Å². The third kappa shape index (κ3) is 5.33. The molecule has 0 nitrogen and oxygen atoms in total. The number of hydrogen-bond donors (Lipinski definition) is 0. The summed E-state index contributed by atoms with van der Waals surface area (Å²) in [4.78, 5) is 0. The average Bonchev–Trinajstić information content (AvgIpc) is 2.11. The van der Waals surface area contributed by atoms with Crippen molar-refractivity contribution in [3.05, 3.63) is 0 Å². The quantitative estimate of drug-likeness (QED) is 0.559. The van der Waals surface area contributed by atoms with Gasteiger partial charge in [0.15, 0.2) is 0 Å². The summed E-state index contributed by atoms with van der Waals surface area (Å²) >= 11 is 0. The summed E-state index contributed by atoms with van der Waals surface area (Å²) in [5.74, 6) is 3.56. The molecule has 0 aromatic rings. The molecule has 0 saturated heterocycles. The topological polar surface area (TPSA) is 0 Å². The van der Waals surface area contributed by atoms with E-state index >= 15 is 0 Å². The van der Waals surface area contributed by atoms with Crippen molar-refractivity contribution in [2.75, 3.05) is 0 Å². The van der Waals surface area contributed by atoms with Crippen molar-refractivity contribution < 1.29 is 0 Å². The van der Waals surface area contributed by atoms with Crippen molar-refractivity contribution in [2.45, 2.75) is 60.8 Å². The molecule has 0 aliphatic rings. The number of rotatable bonds is 6. The summed E-state index contributed by atoms with van der Waals surface area (Å²) in [6, 6.07) is 0. The molecule has 0 N–H and O–H groups in total. The van der Waals surface area contributed by atoms with Crippen LogP contribution in [-0.4, -0.2) is 0 Å². The van der Waals surface area contributed by atoms with Crippen LogP contribution in [0.3, 0.4) is 0 Å². The Kier molecular flexibility index (Phi) is 6.45. The van der Waals surface area contributed by atoms with Gasteiger partial charge in [0.25, 0.3) is 0 Å². The normalized spacial score (nSPS) is 18.7. The molecule has 80 valence electrons. The lowest BCUT2D eigenvalue weighted by Crippen LogP contribution is -2.11. The van der Waals surface area contributed by atoms with Gasteiger partial charge in [0.05, 0.1) is 0 Å². The van der Waals surface area contributed by atoms with Gasteiger partial charge in [-0.2, -0.15) is 0 Å². The summed E-state index contributed by atoms with van der Waals surface area (Å²) in [7, 11) is 0. The summed E-state index contributed by atoms with van der Waals surface area (Å²) in [5.41, 5.74) is 0. The summed E-state index contributed by atoms with van der Waals surface area (Å²) in [6.07, 6.45) is 4.15. The Morgan fingerprint density at radius 2 is 1.15 bits per heavy atom. The Labute approximate surface area is 85.1 Å². The predicted molar refractivity (Wildman–Crippen MR) is 61.9 cm³/mol. The Balaban J connectivity index is 3.63. The zero-order chi connectivity index (χ0) is 10.4. The predicted octanol–water partition coefficient (Wildman–Crippen LogP) is 4.74. The van der Waals surface area contributed by atoms with Crippen LogP contribution in [0, 0.1) is 23.7 Å². The monoisotopic (exact) mass is 184 g/mol. The molecule has 0 rings (SSSR count). The third-order valence-corrected chi connectivity index (χ3v) is 3.83. The van der Waals surface area contributed by atoms with E-state index in [1.165, 1.54) is 19.3 Å². The standard InChI is InChI=1S/C13H28/c1-7-11(4)13(6)9-8-12(5)10(2)3/h10-13H,7-9H2,1-6H3/t11?,12-,13?/m1/s1. The van der Waals surface area contributed by atoms with Gasteiger partial charge < -0.3 is 0 Å². The van der Waals surface area contributed by atoms with E-state index in [1.807, 2.05) is 0 Å². The van der Waals surface area contributed by atoms with Crippen molar-refractivity contribution in [1.82, 2.24) is 0 Å². The van der Waals surface area contributed by atoms with Crippen molar-refractivity contribution in [2.24, 2.45) is 23.7 Å². The first-order valence-corrected chi connectivity index (χ1v) is 5.99. The molecule has 0 amide bonds. The highest BCUT2D eigenvalue weighted by atomic mass is 14.2. The van der Waals surface area contributed by atoms with Crippen LogP contribution in [0.25, 0.3) is 0 Å². The average molecular weight is 184 g/mol. The smallest absolute Gasteiger partial charge is 0.0417 e. The van der Waals surface area contributed by atoms with E-state index in [2.05, 4.69) is 41.5 Å². The molecule has 0 radical (unpaired) electrons. The zero-order valence-electron chi connectivity index (χ0n) is 10.4. The van der Waals surface area contributed by atoms with E-state index in [9.17, 15) is 0 Å². The Bertz CT molecular complexity index is 115. The van der Waals surface area contributed by atoms with Gasteiger partial charge in [-0.05, 0) is 23.7 Å². The Morgan fingerprint density at radius 1 is 0.692 bits per heavy atom. The molecule has 0 heteroatoms. The lowest BCUT2D eigenvalue weighted by atomic mass is 9.84. The van der Waals surface area contributed by atoms with E-state index in [0.29, 0.717) is 0 Å². The van der Waals surface area contributed by atoms with Crippen molar-refractivity contribution in [1.29, 1.82) is 0 Å². The SMILES string of the molecule is CCC(C)C(C)CC[C@@H](C)C(C)C. The fraction of sp³-hybridized carbons (Fsp3) is 1.00. The fourth-order valence-electron chi connectivity index (χ4n) is 1.55. The Morgan fingerprint density at radius 3 is 1.54 bits per heavy atom. The first-order chi connectivity index (χ1) is 5.99. The minimum absolute atomic E-state index is 0.851. The first kappa shape index (κ1) is 13.0. The van der Waals surface area contributed by atoms with Crippen LogP contribution < -0.4 is 0 Å². The highest BCUT2D eigenvalue weighted by Gasteiger charge is 2.13. The van der Waals surface area contributed by atoms with Crippen LogP contribution in [0.1, 0.15) is 60.8 Å². The molecule has 0 aromatic carbocycles. The third-order valence-electron chi connectivity index (χ3n) is 3.83. The second kappa shape index (κ2) is 6.45. The second-order valence-electron chi connectivity index (χ2n) is 5.16. The highest BCUT2D eigenvalue weighted by molar-refractivity contribution is 4.64. The van der Waals surface area contributed by atoms with Crippen LogP contribution in [0.4, 0.5) is 0 Å². The fourth-order valence-corrected chi connectivity index (χ4v) is 1.55. The van der Waals surface area contributed by atoms with Gasteiger partial charge in [-0.1, -0.05) is 60.8 Å². The van der Waals surface area contributed by atoms with Crippen molar-refractivity contribution in [3.8, 4) is 0 Å². The molecule has 0 spiro atoms. The molecule has 0 aromatic heterocycles. The van der Waals surface area contributed by atoms with Gasteiger partial charge >= 0.3 is 0 Å². The lowest BCUT2D eigenvalue weighted by Gasteiger charge is -2.21. The minimum atomic E-state index is 0.851. The van der Waals surface area contributed by atoms with Gasteiger partial charge in [0.1, 0.15) is 0 Å². The Hall–Kier alpha value is 0. The maximum absolute atomic E-state index is 2.40. The molecule has 2 unspecified atom stereocenters. The van der Waals surface area contributed by atoms with Crippen molar-refractivity contribution >= 4 is 0 Å². The summed E-state index contributed by atoms with van der Waals surface area (Å²) < 4.78 is 0. The van der Waals surface area contributed by atoms with Crippen LogP contribution in [-0.2, 0) is 0 Å². The van der Waals surface area contributed by atoms with Crippen LogP contribution in [0.15, 0.2) is 0 Å². The molecule has 0 aliphatic carbocycles. The molecule has 0 bridgehead atoms. The molecule has 0 aliphatic heterocycles. The van der Waals surface area contributed by atoms with Gasteiger partial charge in [0.2, 0.25) is 0 Å². The van der Waals surface area contributed by atoms with Crippen LogP contribution >= 0.6 is 0 Å². The van der Waals surface area contributed by atoms with Gasteiger partial charge in [-0.3, -0.25) is 0 Å². The van der Waals surface area contributed by atoms with Gasteiger partial charge in [-0.15, -0.1) is 0 Å². The second-order valence-corrected chi connectivity index (χ2v) is 5.16. The van der Waals surface area contributed by atoms with E-state index in [4.69, 9.17) is 0 Å². The highest BCUT2D eigenvalue weighted by Crippen LogP contribution is 2.24. The largest absolute Gasteiger partial charge is 0.0651 e. The summed E-state index contributed by atoms with van der Waals surface area (Å²) in [6.45, 7) is 14.1. The molecule has 3 atom stereocenters. The van der Waals surface area contributed by atoms with Crippen LogP contribution in [0.5, 0.6) is 0 Å². The van der Waals surface area contributed by atoms with E-state index in [-0.39, 0.29) is 0 Å². The molecule has 0 heterocycles. The molecule has 0 fully saturated rings. The molecule has 13 heavy (non-hydrogen) atoms. The first-order valence-electron chi connectivity index (χ1n) is 5.99. The van der Waals surface area contributed by atoms with Gasteiger partial charge in [-0.25, -0.2) is 0 Å². The van der Waals surface area contributed by atoms with E-state index in [0.717, 1.165) is 23.7 Å². The maximum atomic E-state index is 2.40. The molecular weight excluding hydrogens is 156 g/mol. The maximum Gasteiger partial charge on any atom is -0.0417 e. The zero-order valence-corrected chi connectivity index (χ0v) is 10.4. The van der Waals surface area contributed by atoms with Crippen LogP contribution in [0.2, 0.25) is 0 Å². The molecule has 0 saturated carbocycles. The van der Waals surface area contributed by atoms with Gasteiger partial charge in [0, 0.05) is 0 Å². The van der Waals surface area contributed by atoms with E-state index in [1.54, 1.807) is 0 Å². The lowest BCUT2D eigenvalue weighted by molar-refractivity contribution is 0.296. The number of hydrogen-bond acceptors (Lipinski definition) is 0.